The predicted molar refractivity (Wildman–Crippen MR) is 64.6 cm³/mol. The average Bonchev–Trinajstić information content (AvgIpc) is 2.96. The van der Waals surface area contributed by atoms with Gasteiger partial charge in [-0.3, -0.25) is 4.57 Å². The minimum absolute atomic E-state index is 0.173. The van der Waals surface area contributed by atoms with Crippen LogP contribution in [-0.2, 0) is 13.1 Å². The molecule has 19 heavy (non-hydrogen) atoms. The minimum atomic E-state index is -2.59. The quantitative estimate of drug-likeness (QED) is 0.862. The van der Waals surface area contributed by atoms with Crippen molar-refractivity contribution in [3.63, 3.8) is 0 Å². The number of hydrogen-bond acceptors (Lipinski definition) is 4. The van der Waals surface area contributed by atoms with Gasteiger partial charge in [0.25, 0.3) is 0 Å². The first-order valence-corrected chi connectivity index (χ1v) is 5.98. The fourth-order valence-electron chi connectivity index (χ4n) is 1.59. The second-order valence-corrected chi connectivity index (χ2v) is 4.47. The first kappa shape index (κ1) is 13.6. The number of aromatic nitrogens is 5. The molecule has 6 nitrogen and oxygen atoms in total. The Bertz CT molecular complexity index is 519. The first-order chi connectivity index (χ1) is 9.06. The van der Waals surface area contributed by atoms with Crippen molar-refractivity contribution in [1.29, 1.82) is 0 Å². The Morgan fingerprint density at radius 2 is 2.16 bits per heavy atom. The Morgan fingerprint density at radius 1 is 1.37 bits per heavy atom. The molecule has 0 aliphatic heterocycles. The summed E-state index contributed by atoms with van der Waals surface area (Å²) in [5, 5.41) is 11.1. The van der Waals surface area contributed by atoms with E-state index in [1.807, 2.05) is 13.8 Å². The number of nitrogens with zero attached hydrogens (tertiary/aromatic N) is 5. The predicted octanol–water partition coefficient (Wildman–Crippen LogP) is 1.42. The van der Waals surface area contributed by atoms with Crippen molar-refractivity contribution >= 4 is 0 Å². The Labute approximate surface area is 109 Å². The third kappa shape index (κ3) is 3.57. The molecule has 0 atom stereocenters. The highest BCUT2D eigenvalue weighted by atomic mass is 19.3. The minimum Gasteiger partial charge on any atom is -0.309 e. The second-order valence-electron chi connectivity index (χ2n) is 4.47. The van der Waals surface area contributed by atoms with Gasteiger partial charge >= 0.3 is 6.55 Å². The van der Waals surface area contributed by atoms with Gasteiger partial charge < -0.3 is 5.32 Å². The Morgan fingerprint density at radius 3 is 2.84 bits per heavy atom. The lowest BCUT2D eigenvalue weighted by molar-refractivity contribution is 0.0665. The van der Waals surface area contributed by atoms with E-state index in [0.717, 1.165) is 10.3 Å². The smallest absolute Gasteiger partial charge is 0.309 e. The van der Waals surface area contributed by atoms with Crippen molar-refractivity contribution in [3.05, 3.63) is 30.1 Å². The van der Waals surface area contributed by atoms with Gasteiger partial charge in [-0.2, -0.15) is 8.78 Å². The van der Waals surface area contributed by atoms with Crippen molar-refractivity contribution in [2.75, 3.05) is 0 Å². The molecule has 1 N–H and O–H groups in total. The van der Waals surface area contributed by atoms with Gasteiger partial charge in [-0.1, -0.05) is 19.1 Å². The molecule has 0 saturated heterocycles. The average molecular weight is 270 g/mol. The molecule has 0 radical (unpaired) electrons. The monoisotopic (exact) mass is 270 g/mol. The third-order valence-corrected chi connectivity index (χ3v) is 2.54. The molecule has 0 spiro atoms. The fourth-order valence-corrected chi connectivity index (χ4v) is 1.59. The van der Waals surface area contributed by atoms with Gasteiger partial charge in [-0.25, -0.2) is 9.67 Å². The lowest BCUT2D eigenvalue weighted by atomic mass is 10.3. The number of hydrogen-bond donors (Lipinski definition) is 1. The van der Waals surface area contributed by atoms with Crippen LogP contribution in [0, 0.1) is 0 Å². The Kier molecular flexibility index (Phi) is 4.20. The number of rotatable bonds is 6. The third-order valence-electron chi connectivity index (χ3n) is 2.54. The van der Waals surface area contributed by atoms with Crippen LogP contribution >= 0.6 is 0 Å². The standard InChI is InChI=1S/C11H16F2N6/c1-8(2)15-5-9-6-18(17-16-9)7-10-14-3-4-19(10)11(12)13/h3-4,6,8,11,15H,5,7H2,1-2H3. The molecular formula is C11H16F2N6. The van der Waals surface area contributed by atoms with Crippen molar-refractivity contribution in [3.8, 4) is 0 Å². The highest BCUT2D eigenvalue weighted by Crippen LogP contribution is 2.13. The molecule has 2 aromatic heterocycles. The first-order valence-electron chi connectivity index (χ1n) is 5.98. The normalized spacial score (nSPS) is 11.7. The number of imidazole rings is 1. The Balaban J connectivity index is 2.01. The van der Waals surface area contributed by atoms with Crippen LogP contribution in [0.1, 0.15) is 31.9 Å². The molecule has 2 heterocycles. The van der Waals surface area contributed by atoms with Crippen LogP contribution in [0.3, 0.4) is 0 Å². The van der Waals surface area contributed by atoms with Gasteiger partial charge in [-0.05, 0) is 0 Å². The summed E-state index contributed by atoms with van der Waals surface area (Å²) in [6.45, 7) is 2.24. The van der Waals surface area contributed by atoms with Crippen LogP contribution in [0.5, 0.6) is 0 Å². The molecule has 0 bridgehead atoms. The van der Waals surface area contributed by atoms with E-state index < -0.39 is 6.55 Å². The van der Waals surface area contributed by atoms with Crippen LogP contribution in [0.4, 0.5) is 8.78 Å². The lowest BCUT2D eigenvalue weighted by Crippen LogP contribution is -2.21. The largest absolute Gasteiger partial charge is 0.319 e. The Hall–Kier alpha value is -1.83. The van der Waals surface area contributed by atoms with Crippen LogP contribution in [0.2, 0.25) is 0 Å². The van der Waals surface area contributed by atoms with Crippen LogP contribution in [-0.4, -0.2) is 30.6 Å². The number of halogens is 2. The second kappa shape index (κ2) is 5.87. The zero-order valence-corrected chi connectivity index (χ0v) is 10.8. The molecule has 104 valence electrons. The van der Waals surface area contributed by atoms with Crippen LogP contribution in [0.15, 0.2) is 18.6 Å². The molecule has 2 rings (SSSR count). The van der Waals surface area contributed by atoms with E-state index in [-0.39, 0.29) is 12.4 Å². The van der Waals surface area contributed by atoms with E-state index in [2.05, 4.69) is 20.6 Å². The molecule has 0 fully saturated rings. The summed E-state index contributed by atoms with van der Waals surface area (Å²) < 4.78 is 27.6. The van der Waals surface area contributed by atoms with E-state index in [1.54, 1.807) is 6.20 Å². The summed E-state index contributed by atoms with van der Waals surface area (Å²) in [6.07, 6.45) is 4.32. The van der Waals surface area contributed by atoms with Gasteiger partial charge in [0.15, 0.2) is 0 Å². The number of alkyl halides is 2. The maximum Gasteiger partial charge on any atom is 0.319 e. The molecule has 0 aromatic carbocycles. The van der Waals surface area contributed by atoms with Crippen LogP contribution < -0.4 is 5.32 Å². The molecule has 0 aliphatic rings. The van der Waals surface area contributed by atoms with Crippen molar-refractivity contribution in [2.24, 2.45) is 0 Å². The van der Waals surface area contributed by atoms with Gasteiger partial charge in [0.05, 0.1) is 11.9 Å². The van der Waals surface area contributed by atoms with Crippen molar-refractivity contribution < 1.29 is 8.78 Å². The van der Waals surface area contributed by atoms with E-state index in [4.69, 9.17) is 0 Å². The van der Waals surface area contributed by atoms with Gasteiger partial charge in [0, 0.05) is 25.0 Å². The summed E-state index contributed by atoms with van der Waals surface area (Å²) in [5.41, 5.74) is 0.767. The van der Waals surface area contributed by atoms with Crippen molar-refractivity contribution in [1.82, 2.24) is 29.9 Å². The molecule has 0 aliphatic carbocycles. The van der Waals surface area contributed by atoms with Crippen LogP contribution in [0.25, 0.3) is 0 Å². The lowest BCUT2D eigenvalue weighted by Gasteiger charge is -2.05. The van der Waals surface area contributed by atoms with Crippen molar-refractivity contribution in [2.45, 2.75) is 39.5 Å². The molecule has 2 aromatic rings. The highest BCUT2D eigenvalue weighted by molar-refractivity contribution is 4.97. The summed E-state index contributed by atoms with van der Waals surface area (Å²) >= 11 is 0. The van der Waals surface area contributed by atoms with E-state index in [1.165, 1.54) is 17.1 Å². The summed E-state index contributed by atoms with van der Waals surface area (Å²) in [6, 6.07) is 0.350. The molecule has 0 amide bonds. The zero-order valence-electron chi connectivity index (χ0n) is 10.8. The van der Waals surface area contributed by atoms with E-state index in [0.29, 0.717) is 12.6 Å². The summed E-state index contributed by atoms with van der Waals surface area (Å²) in [4.78, 5) is 3.89. The van der Waals surface area contributed by atoms with E-state index >= 15 is 0 Å². The summed E-state index contributed by atoms with van der Waals surface area (Å²) in [5.74, 6) is 0.253. The van der Waals surface area contributed by atoms with Gasteiger partial charge in [-0.15, -0.1) is 5.10 Å². The fraction of sp³-hybridized carbons (Fsp3) is 0.545. The maximum atomic E-state index is 12.6. The van der Waals surface area contributed by atoms with Gasteiger partial charge in [0.1, 0.15) is 12.4 Å². The number of nitrogens with one attached hydrogen (secondary N) is 1. The zero-order chi connectivity index (χ0) is 13.8. The SMILES string of the molecule is CC(C)NCc1cn(Cc2nccn2C(F)F)nn1. The molecular weight excluding hydrogens is 254 g/mol. The molecule has 8 heteroatoms. The maximum absolute atomic E-state index is 12.6. The summed E-state index contributed by atoms with van der Waals surface area (Å²) in [7, 11) is 0. The van der Waals surface area contributed by atoms with E-state index in [9.17, 15) is 8.78 Å². The molecule has 0 unspecified atom stereocenters. The molecule has 0 saturated carbocycles. The topological polar surface area (TPSA) is 60.6 Å². The highest BCUT2D eigenvalue weighted by Gasteiger charge is 2.12. The van der Waals surface area contributed by atoms with Gasteiger partial charge in [0.2, 0.25) is 0 Å².